The van der Waals surface area contributed by atoms with E-state index in [-0.39, 0.29) is 12.1 Å². The van der Waals surface area contributed by atoms with Crippen LogP contribution in [0.3, 0.4) is 0 Å². The van der Waals surface area contributed by atoms with Gasteiger partial charge in [-0.2, -0.15) is 0 Å². The molecule has 1 aliphatic rings. The van der Waals surface area contributed by atoms with Gasteiger partial charge in [0.2, 0.25) is 0 Å². The zero-order valence-electron chi connectivity index (χ0n) is 9.59. The van der Waals surface area contributed by atoms with Gasteiger partial charge in [0.05, 0.1) is 0 Å². The summed E-state index contributed by atoms with van der Waals surface area (Å²) in [6, 6.07) is 0.249. The number of amides is 1. The van der Waals surface area contributed by atoms with Crippen molar-refractivity contribution in [1.82, 2.24) is 5.32 Å². The molecule has 0 aromatic rings. The van der Waals surface area contributed by atoms with Gasteiger partial charge in [-0.15, -0.1) is 0 Å². The van der Waals surface area contributed by atoms with E-state index in [1.807, 2.05) is 27.7 Å². The summed E-state index contributed by atoms with van der Waals surface area (Å²) in [6.07, 6.45) is 3.47. The van der Waals surface area contributed by atoms with Crippen LogP contribution in [0.15, 0.2) is 0 Å². The number of carbonyl (C=O) groups excluding carboxylic acids is 1. The van der Waals surface area contributed by atoms with Crippen molar-refractivity contribution in [2.75, 3.05) is 0 Å². The van der Waals surface area contributed by atoms with Gasteiger partial charge in [-0.3, -0.25) is 0 Å². The van der Waals surface area contributed by atoms with E-state index < -0.39 is 5.60 Å². The average Bonchev–Trinajstić information content (AvgIpc) is 1.75. The maximum absolute atomic E-state index is 11.4. The van der Waals surface area contributed by atoms with Crippen LogP contribution in [-0.4, -0.2) is 17.7 Å². The highest BCUT2D eigenvalue weighted by Crippen LogP contribution is 2.29. The molecule has 1 N–H and O–H groups in total. The number of alkyl carbamates (subject to hydrolysis) is 1. The first-order chi connectivity index (χ1) is 6.38. The molecule has 1 saturated carbocycles. The molecule has 0 bridgehead atoms. The van der Waals surface area contributed by atoms with Crippen molar-refractivity contribution in [2.24, 2.45) is 5.92 Å². The lowest BCUT2D eigenvalue weighted by atomic mass is 9.80. The van der Waals surface area contributed by atoms with Gasteiger partial charge in [-0.05, 0) is 46.5 Å². The standard InChI is InChI=1S/C11H21NO2/c1-8(9-6-5-7-9)12-10(13)14-11(2,3)4/h8-9H,5-7H2,1-4H3,(H,12,13). The molecule has 0 radical (unpaired) electrons. The fourth-order valence-corrected chi connectivity index (χ4v) is 1.55. The molecule has 1 unspecified atom stereocenters. The molecule has 0 aromatic carbocycles. The molecule has 0 aromatic heterocycles. The number of nitrogens with one attached hydrogen (secondary N) is 1. The third kappa shape index (κ3) is 3.56. The molecule has 1 fully saturated rings. The molecule has 0 aliphatic heterocycles. The fourth-order valence-electron chi connectivity index (χ4n) is 1.55. The highest BCUT2D eigenvalue weighted by Gasteiger charge is 2.26. The normalized spacial score (nSPS) is 19.7. The van der Waals surface area contributed by atoms with Crippen LogP contribution >= 0.6 is 0 Å². The van der Waals surface area contributed by atoms with Crippen molar-refractivity contribution < 1.29 is 9.53 Å². The highest BCUT2D eigenvalue weighted by molar-refractivity contribution is 5.68. The van der Waals surface area contributed by atoms with Gasteiger partial charge < -0.3 is 10.1 Å². The van der Waals surface area contributed by atoms with E-state index >= 15 is 0 Å². The van der Waals surface area contributed by atoms with Gasteiger partial charge in [0.25, 0.3) is 0 Å². The van der Waals surface area contributed by atoms with E-state index in [4.69, 9.17) is 4.74 Å². The molecule has 82 valence electrons. The second kappa shape index (κ2) is 4.20. The molecule has 1 rings (SSSR count). The third-order valence-electron chi connectivity index (χ3n) is 2.60. The van der Waals surface area contributed by atoms with Crippen LogP contribution < -0.4 is 5.32 Å². The summed E-state index contributed by atoms with van der Waals surface area (Å²) in [6.45, 7) is 7.68. The topological polar surface area (TPSA) is 38.3 Å². The van der Waals surface area contributed by atoms with Gasteiger partial charge in [0.1, 0.15) is 5.60 Å². The maximum atomic E-state index is 11.4. The van der Waals surface area contributed by atoms with Crippen LogP contribution in [0.25, 0.3) is 0 Å². The monoisotopic (exact) mass is 199 g/mol. The lowest BCUT2D eigenvalue weighted by molar-refractivity contribution is 0.0474. The summed E-state index contributed by atoms with van der Waals surface area (Å²) in [5, 5.41) is 2.88. The Kier molecular flexibility index (Phi) is 3.40. The number of hydrogen-bond acceptors (Lipinski definition) is 2. The van der Waals surface area contributed by atoms with Crippen molar-refractivity contribution >= 4 is 6.09 Å². The predicted octanol–water partition coefficient (Wildman–Crippen LogP) is 2.70. The van der Waals surface area contributed by atoms with Gasteiger partial charge in [0.15, 0.2) is 0 Å². The van der Waals surface area contributed by atoms with Crippen LogP contribution in [0.4, 0.5) is 4.79 Å². The Morgan fingerprint density at radius 3 is 2.36 bits per heavy atom. The fraction of sp³-hybridized carbons (Fsp3) is 0.909. The lowest BCUT2D eigenvalue weighted by Crippen LogP contribution is -2.43. The molecular formula is C11H21NO2. The van der Waals surface area contributed by atoms with E-state index in [1.54, 1.807) is 0 Å². The summed E-state index contributed by atoms with van der Waals surface area (Å²) >= 11 is 0. The van der Waals surface area contributed by atoms with Crippen molar-refractivity contribution in [3.8, 4) is 0 Å². The quantitative estimate of drug-likeness (QED) is 0.742. The Hall–Kier alpha value is -0.730. The van der Waals surface area contributed by atoms with Gasteiger partial charge >= 0.3 is 6.09 Å². The van der Waals surface area contributed by atoms with Crippen molar-refractivity contribution in [1.29, 1.82) is 0 Å². The number of rotatable bonds is 2. The molecule has 14 heavy (non-hydrogen) atoms. The van der Waals surface area contributed by atoms with E-state index in [2.05, 4.69) is 5.32 Å². The number of carbonyl (C=O) groups is 1. The number of hydrogen-bond donors (Lipinski definition) is 1. The van der Waals surface area contributed by atoms with E-state index in [1.165, 1.54) is 19.3 Å². The van der Waals surface area contributed by atoms with Crippen molar-refractivity contribution in [3.05, 3.63) is 0 Å². The molecule has 1 aliphatic carbocycles. The molecule has 0 spiro atoms. The van der Waals surface area contributed by atoms with Crippen LogP contribution in [0.1, 0.15) is 47.0 Å². The summed E-state index contributed by atoms with van der Waals surface area (Å²) in [5.41, 5.74) is -0.399. The first kappa shape index (κ1) is 11.3. The lowest BCUT2D eigenvalue weighted by Gasteiger charge is -2.32. The van der Waals surface area contributed by atoms with Crippen LogP contribution in [0.5, 0.6) is 0 Å². The Labute approximate surface area is 86.2 Å². The van der Waals surface area contributed by atoms with Gasteiger partial charge in [-0.25, -0.2) is 4.79 Å². The minimum absolute atomic E-state index is 0.249. The molecule has 3 heteroatoms. The molecule has 1 amide bonds. The second-order valence-electron chi connectivity index (χ2n) is 5.13. The zero-order valence-corrected chi connectivity index (χ0v) is 9.59. The molecule has 3 nitrogen and oxygen atoms in total. The first-order valence-corrected chi connectivity index (χ1v) is 5.38. The van der Waals surface area contributed by atoms with E-state index in [0.717, 1.165) is 0 Å². The molecule has 1 atom stereocenters. The second-order valence-corrected chi connectivity index (χ2v) is 5.13. The van der Waals surface area contributed by atoms with Gasteiger partial charge in [0, 0.05) is 6.04 Å². The summed E-state index contributed by atoms with van der Waals surface area (Å²) in [7, 11) is 0. The summed E-state index contributed by atoms with van der Waals surface area (Å²) in [4.78, 5) is 11.4. The van der Waals surface area contributed by atoms with Gasteiger partial charge in [-0.1, -0.05) is 6.42 Å². The van der Waals surface area contributed by atoms with Crippen LogP contribution in [0, 0.1) is 5.92 Å². The van der Waals surface area contributed by atoms with Crippen LogP contribution in [-0.2, 0) is 4.74 Å². The largest absolute Gasteiger partial charge is 0.444 e. The van der Waals surface area contributed by atoms with Crippen molar-refractivity contribution in [3.63, 3.8) is 0 Å². The van der Waals surface area contributed by atoms with E-state index in [0.29, 0.717) is 5.92 Å². The Bertz CT molecular complexity index is 204. The summed E-state index contributed by atoms with van der Waals surface area (Å²) in [5.74, 6) is 0.655. The van der Waals surface area contributed by atoms with Crippen LogP contribution in [0.2, 0.25) is 0 Å². The molecule has 0 heterocycles. The Morgan fingerprint density at radius 1 is 1.43 bits per heavy atom. The number of ether oxygens (including phenoxy) is 1. The SMILES string of the molecule is CC(NC(=O)OC(C)(C)C)C1CCC1. The molecular weight excluding hydrogens is 178 g/mol. The minimum Gasteiger partial charge on any atom is -0.444 e. The minimum atomic E-state index is -0.399. The summed E-state index contributed by atoms with van der Waals surface area (Å²) < 4.78 is 5.18. The van der Waals surface area contributed by atoms with E-state index in [9.17, 15) is 4.79 Å². The smallest absolute Gasteiger partial charge is 0.407 e. The Balaban J connectivity index is 2.25. The van der Waals surface area contributed by atoms with Crippen molar-refractivity contribution in [2.45, 2.75) is 58.6 Å². The molecule has 0 saturated heterocycles. The first-order valence-electron chi connectivity index (χ1n) is 5.38. The predicted molar refractivity (Wildman–Crippen MR) is 56.2 cm³/mol. The average molecular weight is 199 g/mol. The Morgan fingerprint density at radius 2 is 2.00 bits per heavy atom. The zero-order chi connectivity index (χ0) is 10.8. The maximum Gasteiger partial charge on any atom is 0.407 e. The third-order valence-corrected chi connectivity index (χ3v) is 2.60. The highest BCUT2D eigenvalue weighted by atomic mass is 16.6.